The van der Waals surface area contributed by atoms with Crippen molar-refractivity contribution >= 4 is 17.8 Å². The van der Waals surface area contributed by atoms with Crippen LogP contribution in [0.1, 0.15) is 57.6 Å². The van der Waals surface area contributed by atoms with Crippen LogP contribution in [0.25, 0.3) is 0 Å². The summed E-state index contributed by atoms with van der Waals surface area (Å²) in [4.78, 5) is 41.5. The third-order valence-electron chi connectivity index (χ3n) is 6.76. The van der Waals surface area contributed by atoms with Crippen molar-refractivity contribution in [3.8, 4) is 6.07 Å². The zero-order valence-corrected chi connectivity index (χ0v) is 19.2. The third-order valence-corrected chi connectivity index (χ3v) is 6.76. The van der Waals surface area contributed by atoms with E-state index in [1.54, 1.807) is 35.2 Å². The molecule has 7 nitrogen and oxygen atoms in total. The molecule has 1 spiro atoms. The molecule has 3 rings (SSSR count). The van der Waals surface area contributed by atoms with Gasteiger partial charge in [-0.2, -0.15) is 5.26 Å². The monoisotopic (exact) mass is 436 g/mol. The van der Waals surface area contributed by atoms with Gasteiger partial charge in [0.1, 0.15) is 12.1 Å². The summed E-state index contributed by atoms with van der Waals surface area (Å²) in [6.07, 6.45) is 4.57. The first-order chi connectivity index (χ1) is 15.1. The molecular formula is C25H32N4O3. The lowest BCUT2D eigenvalue weighted by Crippen LogP contribution is -2.51. The summed E-state index contributed by atoms with van der Waals surface area (Å²) in [7, 11) is 0. The molecule has 1 aromatic rings. The molecule has 0 atom stereocenters. The Morgan fingerprint density at radius 3 is 2.44 bits per heavy atom. The van der Waals surface area contributed by atoms with Crippen LogP contribution in [0.15, 0.2) is 36.9 Å². The van der Waals surface area contributed by atoms with Gasteiger partial charge < -0.3 is 10.2 Å². The molecule has 1 saturated heterocycles. The van der Waals surface area contributed by atoms with Crippen molar-refractivity contribution in [3.63, 3.8) is 0 Å². The minimum absolute atomic E-state index is 0.166. The Bertz CT molecular complexity index is 931. The maximum Gasteiger partial charge on any atom is 0.325 e. The van der Waals surface area contributed by atoms with E-state index >= 15 is 0 Å². The first kappa shape index (κ1) is 23.5. The molecule has 1 saturated carbocycles. The first-order valence-corrected chi connectivity index (χ1v) is 11.1. The number of imide groups is 1. The number of nitrogens with one attached hydrogen (secondary N) is 1. The van der Waals surface area contributed by atoms with Gasteiger partial charge in [-0.25, -0.2) is 4.79 Å². The van der Waals surface area contributed by atoms with E-state index in [9.17, 15) is 14.4 Å². The topological polar surface area (TPSA) is 93.5 Å². The highest BCUT2D eigenvalue weighted by Crippen LogP contribution is 2.43. The van der Waals surface area contributed by atoms with Crippen LogP contribution in [0.5, 0.6) is 0 Å². The first-order valence-electron chi connectivity index (χ1n) is 11.1. The van der Waals surface area contributed by atoms with E-state index in [1.165, 1.54) is 0 Å². The van der Waals surface area contributed by atoms with Gasteiger partial charge >= 0.3 is 6.03 Å². The molecule has 2 aliphatic rings. The molecule has 32 heavy (non-hydrogen) atoms. The lowest BCUT2D eigenvalue weighted by atomic mass is 9.67. The summed E-state index contributed by atoms with van der Waals surface area (Å²) in [5.74, 6) is -0.109. The van der Waals surface area contributed by atoms with Crippen LogP contribution in [-0.2, 0) is 16.1 Å². The molecule has 1 N–H and O–H groups in total. The van der Waals surface area contributed by atoms with Crippen molar-refractivity contribution in [1.29, 1.82) is 5.26 Å². The standard InChI is InChI=1S/C25H32N4O3/c1-5-14-28(16-19-8-6-18(15-26)7-9-19)21(30)17-29-22(31)25(27-23(29)32)12-10-20(11-13-25)24(2,3)4/h5-9,20H,1,10-14,16-17H2,2-4H3,(H,27,32). The van der Waals surface area contributed by atoms with Gasteiger partial charge in [0.25, 0.3) is 5.91 Å². The van der Waals surface area contributed by atoms with Crippen molar-refractivity contribution in [2.45, 2.75) is 58.5 Å². The summed E-state index contributed by atoms with van der Waals surface area (Å²) in [5, 5.41) is 11.8. The molecule has 4 amide bonds. The molecule has 2 fully saturated rings. The van der Waals surface area contributed by atoms with Gasteiger partial charge in [0.2, 0.25) is 5.91 Å². The molecule has 1 aliphatic heterocycles. The Hall–Kier alpha value is -3.14. The summed E-state index contributed by atoms with van der Waals surface area (Å²) >= 11 is 0. The highest BCUT2D eigenvalue weighted by atomic mass is 16.2. The largest absolute Gasteiger partial charge is 0.333 e. The Balaban J connectivity index is 1.67. The number of urea groups is 1. The summed E-state index contributed by atoms with van der Waals surface area (Å²) in [5.41, 5.74) is 0.684. The number of nitriles is 1. The number of benzene rings is 1. The predicted octanol–water partition coefficient (Wildman–Crippen LogP) is 3.60. The van der Waals surface area contributed by atoms with E-state index < -0.39 is 11.6 Å². The fourth-order valence-corrected chi connectivity index (χ4v) is 4.69. The van der Waals surface area contributed by atoms with Crippen LogP contribution < -0.4 is 5.32 Å². The van der Waals surface area contributed by atoms with Gasteiger partial charge in [0.15, 0.2) is 0 Å². The van der Waals surface area contributed by atoms with E-state index in [0.717, 1.165) is 23.3 Å². The van der Waals surface area contributed by atoms with Gasteiger partial charge in [-0.05, 0) is 54.7 Å². The van der Waals surface area contributed by atoms with Gasteiger partial charge in [-0.15, -0.1) is 6.58 Å². The number of hydrogen-bond acceptors (Lipinski definition) is 4. The van der Waals surface area contributed by atoms with Gasteiger partial charge in [-0.1, -0.05) is 39.0 Å². The van der Waals surface area contributed by atoms with Crippen molar-refractivity contribution in [1.82, 2.24) is 15.1 Å². The number of nitrogens with zero attached hydrogens (tertiary/aromatic N) is 3. The maximum atomic E-state index is 13.2. The fourth-order valence-electron chi connectivity index (χ4n) is 4.69. The Morgan fingerprint density at radius 1 is 1.28 bits per heavy atom. The van der Waals surface area contributed by atoms with E-state index in [1.807, 2.05) is 0 Å². The van der Waals surface area contributed by atoms with E-state index in [2.05, 4.69) is 38.7 Å². The zero-order chi connectivity index (χ0) is 23.5. The fraction of sp³-hybridized carbons (Fsp3) is 0.520. The molecular weight excluding hydrogens is 404 g/mol. The zero-order valence-electron chi connectivity index (χ0n) is 19.2. The number of hydrogen-bond donors (Lipinski definition) is 1. The second-order valence-electron chi connectivity index (χ2n) is 9.92. The lowest BCUT2D eigenvalue weighted by molar-refractivity contribution is -0.140. The Morgan fingerprint density at radius 2 is 1.91 bits per heavy atom. The smallest absolute Gasteiger partial charge is 0.325 e. The highest BCUT2D eigenvalue weighted by Gasteiger charge is 2.53. The van der Waals surface area contributed by atoms with Crippen LogP contribution in [-0.4, -0.2) is 46.3 Å². The molecule has 1 aromatic carbocycles. The molecule has 0 unspecified atom stereocenters. The molecule has 170 valence electrons. The van der Waals surface area contributed by atoms with Crippen molar-refractivity contribution in [2.24, 2.45) is 11.3 Å². The van der Waals surface area contributed by atoms with Crippen LogP contribution >= 0.6 is 0 Å². The molecule has 0 bridgehead atoms. The number of carbonyl (C=O) groups excluding carboxylic acids is 3. The van der Waals surface area contributed by atoms with E-state index in [-0.39, 0.29) is 23.8 Å². The van der Waals surface area contributed by atoms with Crippen molar-refractivity contribution in [2.75, 3.05) is 13.1 Å². The second kappa shape index (κ2) is 9.15. The number of carbonyl (C=O) groups is 3. The van der Waals surface area contributed by atoms with Gasteiger partial charge in [0.05, 0.1) is 11.6 Å². The lowest BCUT2D eigenvalue weighted by Gasteiger charge is -2.40. The molecule has 0 aromatic heterocycles. The van der Waals surface area contributed by atoms with Crippen LogP contribution in [0.4, 0.5) is 4.79 Å². The SMILES string of the molecule is C=CCN(Cc1ccc(C#N)cc1)C(=O)CN1C(=O)NC2(CCC(C(C)(C)C)CC2)C1=O. The minimum Gasteiger partial charge on any atom is -0.333 e. The predicted molar refractivity (Wildman–Crippen MR) is 121 cm³/mol. The Labute approximate surface area is 190 Å². The molecule has 1 heterocycles. The van der Waals surface area contributed by atoms with Gasteiger partial charge in [-0.3, -0.25) is 14.5 Å². The number of amides is 4. The molecule has 7 heteroatoms. The van der Waals surface area contributed by atoms with Crippen molar-refractivity contribution < 1.29 is 14.4 Å². The summed E-state index contributed by atoms with van der Waals surface area (Å²) in [6, 6.07) is 8.55. The quantitative estimate of drug-likeness (QED) is 0.545. The van der Waals surface area contributed by atoms with E-state index in [0.29, 0.717) is 37.4 Å². The summed E-state index contributed by atoms with van der Waals surface area (Å²) in [6.45, 7) is 10.6. The minimum atomic E-state index is -0.879. The van der Waals surface area contributed by atoms with Crippen LogP contribution in [0, 0.1) is 22.7 Å². The Kier molecular flexibility index (Phi) is 6.73. The van der Waals surface area contributed by atoms with E-state index in [4.69, 9.17) is 5.26 Å². The van der Waals surface area contributed by atoms with Gasteiger partial charge in [0, 0.05) is 13.1 Å². The maximum absolute atomic E-state index is 13.2. The normalized spacial score (nSPS) is 23.1. The van der Waals surface area contributed by atoms with Crippen LogP contribution in [0.3, 0.4) is 0 Å². The average molecular weight is 437 g/mol. The second-order valence-corrected chi connectivity index (χ2v) is 9.92. The summed E-state index contributed by atoms with van der Waals surface area (Å²) < 4.78 is 0. The average Bonchev–Trinajstić information content (AvgIpc) is 2.97. The molecule has 0 radical (unpaired) electrons. The molecule has 1 aliphatic carbocycles. The number of rotatable bonds is 6. The van der Waals surface area contributed by atoms with Crippen molar-refractivity contribution in [3.05, 3.63) is 48.0 Å². The highest BCUT2D eigenvalue weighted by molar-refractivity contribution is 6.09. The van der Waals surface area contributed by atoms with Crippen LogP contribution in [0.2, 0.25) is 0 Å². The third kappa shape index (κ3) is 4.85.